The second-order valence-electron chi connectivity index (χ2n) is 4.46. The molecule has 1 amide bonds. The average molecular weight is 225 g/mol. The van der Waals surface area contributed by atoms with Crippen LogP contribution in [-0.2, 0) is 11.3 Å². The van der Waals surface area contributed by atoms with Gasteiger partial charge in [0, 0.05) is 37.5 Å². The molecule has 1 aromatic rings. The molecule has 16 heavy (non-hydrogen) atoms. The third-order valence-electron chi connectivity index (χ3n) is 2.37. The number of aliphatic hydroxyl groups excluding tert-OH is 1. The van der Waals surface area contributed by atoms with Gasteiger partial charge in [-0.2, -0.15) is 0 Å². The molecule has 5 nitrogen and oxygen atoms in total. The average Bonchev–Trinajstić information content (AvgIpc) is 2.66. The summed E-state index contributed by atoms with van der Waals surface area (Å²) in [5.41, 5.74) is -0.346. The summed E-state index contributed by atoms with van der Waals surface area (Å²) in [6, 6.07) is 0. The summed E-state index contributed by atoms with van der Waals surface area (Å²) < 4.78 is 1.86. The minimum Gasteiger partial charge on any atom is -0.396 e. The van der Waals surface area contributed by atoms with Gasteiger partial charge in [-0.3, -0.25) is 4.79 Å². The van der Waals surface area contributed by atoms with Crippen molar-refractivity contribution in [3.8, 4) is 0 Å². The van der Waals surface area contributed by atoms with Crippen molar-refractivity contribution in [3.63, 3.8) is 0 Å². The van der Waals surface area contributed by atoms with Gasteiger partial charge in [-0.05, 0) is 20.3 Å². The number of nitrogens with one attached hydrogen (secondary N) is 1. The number of aromatic nitrogens is 2. The van der Waals surface area contributed by atoms with Crippen LogP contribution in [0.3, 0.4) is 0 Å². The minimum atomic E-state index is -0.346. The molecule has 90 valence electrons. The molecule has 0 aliphatic carbocycles. The minimum absolute atomic E-state index is 0.00727. The fourth-order valence-electron chi connectivity index (χ4n) is 1.43. The summed E-state index contributed by atoms with van der Waals surface area (Å²) in [4.78, 5) is 15.5. The van der Waals surface area contributed by atoms with Gasteiger partial charge in [-0.25, -0.2) is 4.98 Å². The second kappa shape index (κ2) is 5.65. The predicted molar refractivity (Wildman–Crippen MR) is 60.8 cm³/mol. The molecule has 0 aromatic carbocycles. The molecular formula is C11H19N3O2. The van der Waals surface area contributed by atoms with Crippen molar-refractivity contribution in [2.24, 2.45) is 0 Å². The summed E-state index contributed by atoms with van der Waals surface area (Å²) in [5, 5.41) is 11.7. The number of imidazole rings is 1. The Morgan fingerprint density at radius 3 is 2.88 bits per heavy atom. The van der Waals surface area contributed by atoms with Crippen LogP contribution >= 0.6 is 0 Å². The molecule has 1 heterocycles. The Kier molecular flexibility index (Phi) is 4.49. The lowest BCUT2D eigenvalue weighted by Crippen LogP contribution is -2.44. The van der Waals surface area contributed by atoms with Crippen LogP contribution in [-0.4, -0.2) is 32.7 Å². The molecular weight excluding hydrogens is 206 g/mol. The second-order valence-corrected chi connectivity index (χ2v) is 4.46. The lowest BCUT2D eigenvalue weighted by atomic mass is 10.0. The summed E-state index contributed by atoms with van der Waals surface area (Å²) in [6.07, 6.45) is 6.18. The van der Waals surface area contributed by atoms with Gasteiger partial charge >= 0.3 is 0 Å². The van der Waals surface area contributed by atoms with Crippen LogP contribution in [0.2, 0.25) is 0 Å². The van der Waals surface area contributed by atoms with Crippen molar-refractivity contribution < 1.29 is 9.90 Å². The summed E-state index contributed by atoms with van der Waals surface area (Å²) in [6.45, 7) is 4.51. The first-order valence-corrected chi connectivity index (χ1v) is 5.41. The number of hydrogen-bond donors (Lipinski definition) is 2. The molecule has 0 aliphatic heterocycles. The molecule has 5 heteroatoms. The van der Waals surface area contributed by atoms with Crippen molar-refractivity contribution in [1.82, 2.24) is 14.9 Å². The van der Waals surface area contributed by atoms with Gasteiger partial charge < -0.3 is 15.0 Å². The standard InChI is InChI=1S/C11H19N3O2/c1-11(2,4-8-15)13-10(16)3-6-14-7-5-12-9-14/h5,7,9,15H,3-4,6,8H2,1-2H3,(H,13,16). The van der Waals surface area contributed by atoms with E-state index in [1.165, 1.54) is 0 Å². The van der Waals surface area contributed by atoms with E-state index in [2.05, 4.69) is 10.3 Å². The van der Waals surface area contributed by atoms with Crippen molar-refractivity contribution in [3.05, 3.63) is 18.7 Å². The highest BCUT2D eigenvalue weighted by Crippen LogP contribution is 2.07. The van der Waals surface area contributed by atoms with E-state index < -0.39 is 0 Å². The zero-order valence-electron chi connectivity index (χ0n) is 9.81. The highest BCUT2D eigenvalue weighted by Gasteiger charge is 2.19. The topological polar surface area (TPSA) is 67.2 Å². The Bertz CT molecular complexity index is 320. The normalized spacial score (nSPS) is 11.4. The van der Waals surface area contributed by atoms with Crippen LogP contribution in [0.4, 0.5) is 0 Å². The Morgan fingerprint density at radius 1 is 1.56 bits per heavy atom. The molecule has 0 fully saturated rings. The maximum atomic E-state index is 11.6. The van der Waals surface area contributed by atoms with Gasteiger partial charge in [0.2, 0.25) is 5.91 Å². The molecule has 1 aromatic heterocycles. The van der Waals surface area contributed by atoms with Crippen LogP contribution < -0.4 is 5.32 Å². The van der Waals surface area contributed by atoms with Gasteiger partial charge in [0.15, 0.2) is 0 Å². The first-order valence-electron chi connectivity index (χ1n) is 5.41. The van der Waals surface area contributed by atoms with Crippen LogP contribution in [0, 0.1) is 0 Å². The monoisotopic (exact) mass is 225 g/mol. The first kappa shape index (κ1) is 12.7. The number of hydrogen-bond acceptors (Lipinski definition) is 3. The maximum Gasteiger partial charge on any atom is 0.222 e. The Labute approximate surface area is 95.5 Å². The third kappa shape index (κ3) is 4.44. The smallest absolute Gasteiger partial charge is 0.222 e. The number of carbonyl (C=O) groups is 1. The molecule has 0 saturated heterocycles. The third-order valence-corrected chi connectivity index (χ3v) is 2.37. The van der Waals surface area contributed by atoms with E-state index >= 15 is 0 Å². The van der Waals surface area contributed by atoms with Crippen LogP contribution in [0.1, 0.15) is 26.7 Å². The Morgan fingerprint density at radius 2 is 2.31 bits per heavy atom. The molecule has 0 atom stereocenters. The zero-order valence-corrected chi connectivity index (χ0v) is 9.81. The van der Waals surface area contributed by atoms with E-state index in [-0.39, 0.29) is 18.1 Å². The van der Waals surface area contributed by atoms with Crippen LogP contribution in [0.5, 0.6) is 0 Å². The highest BCUT2D eigenvalue weighted by atomic mass is 16.3. The molecule has 0 bridgehead atoms. The molecule has 0 radical (unpaired) electrons. The largest absolute Gasteiger partial charge is 0.396 e. The van der Waals surface area contributed by atoms with E-state index in [4.69, 9.17) is 5.11 Å². The van der Waals surface area contributed by atoms with Crippen LogP contribution in [0.25, 0.3) is 0 Å². The predicted octanol–water partition coefficient (Wildman–Crippen LogP) is 0.550. The quantitative estimate of drug-likeness (QED) is 0.743. The fourth-order valence-corrected chi connectivity index (χ4v) is 1.43. The SMILES string of the molecule is CC(C)(CCO)NC(=O)CCn1ccnc1. The van der Waals surface area contributed by atoms with Gasteiger partial charge in [0.1, 0.15) is 0 Å². The molecule has 0 saturated carbocycles. The van der Waals surface area contributed by atoms with Crippen molar-refractivity contribution in [2.75, 3.05) is 6.61 Å². The number of aliphatic hydroxyl groups is 1. The summed E-state index contributed by atoms with van der Waals surface area (Å²) >= 11 is 0. The van der Waals surface area contributed by atoms with Crippen LogP contribution in [0.15, 0.2) is 18.7 Å². The highest BCUT2D eigenvalue weighted by molar-refractivity contribution is 5.76. The molecule has 2 N–H and O–H groups in total. The summed E-state index contributed by atoms with van der Waals surface area (Å²) in [5.74, 6) is -0.00727. The first-order chi connectivity index (χ1) is 7.53. The lowest BCUT2D eigenvalue weighted by molar-refractivity contribution is -0.123. The molecule has 1 rings (SSSR count). The number of nitrogens with zero attached hydrogens (tertiary/aromatic N) is 2. The molecule has 0 aliphatic rings. The maximum absolute atomic E-state index is 11.6. The van der Waals surface area contributed by atoms with E-state index in [0.717, 1.165) is 0 Å². The van der Waals surface area contributed by atoms with Gasteiger partial charge in [0.05, 0.1) is 6.33 Å². The number of aryl methyl sites for hydroxylation is 1. The Balaban J connectivity index is 2.30. The van der Waals surface area contributed by atoms with E-state index in [0.29, 0.717) is 19.4 Å². The van der Waals surface area contributed by atoms with E-state index in [1.54, 1.807) is 12.5 Å². The molecule has 0 unspecified atom stereocenters. The van der Waals surface area contributed by atoms with E-state index in [1.807, 2.05) is 24.6 Å². The molecule has 0 spiro atoms. The zero-order chi connectivity index (χ0) is 12.0. The Hall–Kier alpha value is -1.36. The number of rotatable bonds is 6. The summed E-state index contributed by atoms with van der Waals surface area (Å²) in [7, 11) is 0. The van der Waals surface area contributed by atoms with Crippen molar-refractivity contribution in [2.45, 2.75) is 38.8 Å². The van der Waals surface area contributed by atoms with Gasteiger partial charge in [-0.1, -0.05) is 0 Å². The van der Waals surface area contributed by atoms with Gasteiger partial charge in [-0.15, -0.1) is 0 Å². The number of amides is 1. The lowest BCUT2D eigenvalue weighted by Gasteiger charge is -2.25. The van der Waals surface area contributed by atoms with Crippen molar-refractivity contribution >= 4 is 5.91 Å². The van der Waals surface area contributed by atoms with Crippen molar-refractivity contribution in [1.29, 1.82) is 0 Å². The number of carbonyl (C=O) groups excluding carboxylic acids is 1. The van der Waals surface area contributed by atoms with Gasteiger partial charge in [0.25, 0.3) is 0 Å². The van der Waals surface area contributed by atoms with E-state index in [9.17, 15) is 4.79 Å². The fraction of sp³-hybridized carbons (Fsp3) is 0.636.